The van der Waals surface area contributed by atoms with Crippen LogP contribution in [0.4, 0.5) is 11.4 Å². The minimum Gasteiger partial charge on any atom is -0.341 e. The molecule has 1 nitrogen and oxygen atoms in total. The summed E-state index contributed by atoms with van der Waals surface area (Å²) in [5, 5.41) is 0. The fourth-order valence-electron chi connectivity index (χ4n) is 3.73. The topological polar surface area (TPSA) is 3.24 Å². The Balaban J connectivity index is 1.60. The lowest BCUT2D eigenvalue weighted by atomic mass is 10.1. The van der Waals surface area contributed by atoms with Crippen molar-refractivity contribution in [1.29, 1.82) is 0 Å². The van der Waals surface area contributed by atoms with Crippen molar-refractivity contribution in [2.75, 3.05) is 11.4 Å². The van der Waals surface area contributed by atoms with Crippen LogP contribution in [0.25, 0.3) is 0 Å². The van der Waals surface area contributed by atoms with E-state index in [1.807, 2.05) is 0 Å². The number of unbranched alkanes of at least 4 members (excludes halogenated alkanes) is 11. The van der Waals surface area contributed by atoms with E-state index < -0.39 is 0 Å². The first-order valence-corrected chi connectivity index (χ1v) is 11.3. The average molecular weight is 366 g/mol. The van der Waals surface area contributed by atoms with Gasteiger partial charge < -0.3 is 4.90 Å². The normalized spacial score (nSPS) is 10.9. The van der Waals surface area contributed by atoms with Gasteiger partial charge in [-0.25, -0.2) is 0 Å². The Hall–Kier alpha value is -1.76. The number of hydrogen-bond donors (Lipinski definition) is 0. The van der Waals surface area contributed by atoms with Crippen molar-refractivity contribution in [1.82, 2.24) is 0 Å². The summed E-state index contributed by atoms with van der Waals surface area (Å²) in [7, 11) is 0. The van der Waals surface area contributed by atoms with E-state index in [0.717, 1.165) is 6.54 Å². The number of rotatable bonds is 15. The lowest BCUT2D eigenvalue weighted by molar-refractivity contribution is 0.544. The lowest BCUT2D eigenvalue weighted by Crippen LogP contribution is -2.18. The highest BCUT2D eigenvalue weighted by atomic mass is 15.1. The third-order valence-corrected chi connectivity index (χ3v) is 5.37. The van der Waals surface area contributed by atoms with Gasteiger partial charge in [-0.2, -0.15) is 0 Å². The largest absolute Gasteiger partial charge is 0.341 e. The first-order valence-electron chi connectivity index (χ1n) is 11.3. The van der Waals surface area contributed by atoms with Crippen molar-refractivity contribution in [3.63, 3.8) is 0 Å². The summed E-state index contributed by atoms with van der Waals surface area (Å²) in [6, 6.07) is 21.6. The zero-order valence-electron chi connectivity index (χ0n) is 17.4. The van der Waals surface area contributed by atoms with E-state index in [4.69, 9.17) is 0 Å². The fourth-order valence-corrected chi connectivity index (χ4v) is 3.73. The van der Waals surface area contributed by atoms with E-state index in [1.54, 1.807) is 0 Å². The van der Waals surface area contributed by atoms with Gasteiger partial charge in [0.15, 0.2) is 0 Å². The highest BCUT2D eigenvalue weighted by Crippen LogP contribution is 2.25. The van der Waals surface area contributed by atoms with E-state index in [0.29, 0.717) is 0 Å². The molecule has 0 bridgehead atoms. The summed E-state index contributed by atoms with van der Waals surface area (Å²) in [6.07, 6.45) is 16.8. The quantitative estimate of drug-likeness (QED) is 0.286. The van der Waals surface area contributed by atoms with Gasteiger partial charge in [0.25, 0.3) is 0 Å². The SMILES string of the molecule is CCCCCCCCCCCCCCN(c1ccccc1)c1ccccc1. The van der Waals surface area contributed by atoms with Crippen LogP contribution in [0.2, 0.25) is 0 Å². The Morgan fingerprint density at radius 2 is 0.852 bits per heavy atom. The molecule has 2 rings (SSSR count). The van der Waals surface area contributed by atoms with E-state index >= 15 is 0 Å². The molecule has 0 aliphatic heterocycles. The van der Waals surface area contributed by atoms with E-state index in [9.17, 15) is 0 Å². The molecule has 27 heavy (non-hydrogen) atoms. The molecule has 0 amide bonds. The van der Waals surface area contributed by atoms with Gasteiger partial charge in [-0.1, -0.05) is 114 Å². The minimum atomic E-state index is 1.10. The Morgan fingerprint density at radius 3 is 1.26 bits per heavy atom. The predicted molar refractivity (Wildman–Crippen MR) is 121 cm³/mol. The number of para-hydroxylation sites is 2. The molecule has 0 aliphatic carbocycles. The summed E-state index contributed by atoms with van der Waals surface area (Å²) < 4.78 is 0. The molecule has 2 aromatic rings. The first-order chi connectivity index (χ1) is 13.4. The van der Waals surface area contributed by atoms with Gasteiger partial charge in [-0.05, 0) is 30.7 Å². The number of benzene rings is 2. The molecule has 0 unspecified atom stereocenters. The minimum absolute atomic E-state index is 1.10. The van der Waals surface area contributed by atoms with Crippen LogP contribution in [0, 0.1) is 0 Å². The molecule has 0 aliphatic rings. The number of anilines is 2. The number of hydrogen-bond acceptors (Lipinski definition) is 1. The molecule has 0 saturated carbocycles. The molecular weight excluding hydrogens is 326 g/mol. The molecule has 0 fully saturated rings. The monoisotopic (exact) mass is 365 g/mol. The van der Waals surface area contributed by atoms with Gasteiger partial charge in [0.05, 0.1) is 0 Å². The molecule has 0 saturated heterocycles. The van der Waals surface area contributed by atoms with Crippen LogP contribution in [0.1, 0.15) is 84.0 Å². The Bertz CT molecular complexity index is 524. The van der Waals surface area contributed by atoms with Crippen molar-refractivity contribution in [2.45, 2.75) is 84.0 Å². The standard InChI is InChI=1S/C26H39N/c1-2-3-4-5-6-7-8-9-10-11-12-19-24-27(25-20-15-13-16-21-25)26-22-17-14-18-23-26/h13-18,20-23H,2-12,19,24H2,1H3. The van der Waals surface area contributed by atoms with Crippen molar-refractivity contribution in [2.24, 2.45) is 0 Å². The highest BCUT2D eigenvalue weighted by Gasteiger charge is 2.07. The summed E-state index contributed by atoms with van der Waals surface area (Å²) in [4.78, 5) is 2.45. The van der Waals surface area contributed by atoms with Crippen LogP contribution in [-0.2, 0) is 0 Å². The van der Waals surface area contributed by atoms with Gasteiger partial charge in [-0.15, -0.1) is 0 Å². The second-order valence-electron chi connectivity index (χ2n) is 7.71. The lowest BCUT2D eigenvalue weighted by Gasteiger charge is -2.25. The smallest absolute Gasteiger partial charge is 0.0410 e. The van der Waals surface area contributed by atoms with Crippen LogP contribution >= 0.6 is 0 Å². The molecule has 148 valence electrons. The highest BCUT2D eigenvalue weighted by molar-refractivity contribution is 5.62. The van der Waals surface area contributed by atoms with Crippen molar-refractivity contribution in [3.05, 3.63) is 60.7 Å². The molecule has 2 aromatic carbocycles. The Labute approximate surface area is 167 Å². The zero-order chi connectivity index (χ0) is 19.0. The van der Waals surface area contributed by atoms with Crippen molar-refractivity contribution < 1.29 is 0 Å². The molecule has 0 radical (unpaired) electrons. The van der Waals surface area contributed by atoms with E-state index in [1.165, 1.54) is 88.4 Å². The van der Waals surface area contributed by atoms with Crippen LogP contribution in [-0.4, -0.2) is 6.54 Å². The third kappa shape index (κ3) is 9.13. The Morgan fingerprint density at radius 1 is 0.481 bits per heavy atom. The van der Waals surface area contributed by atoms with Gasteiger partial charge in [-0.3, -0.25) is 0 Å². The van der Waals surface area contributed by atoms with Crippen molar-refractivity contribution >= 4 is 11.4 Å². The molecular formula is C26H39N. The molecule has 0 N–H and O–H groups in total. The number of nitrogens with zero attached hydrogens (tertiary/aromatic N) is 1. The van der Waals surface area contributed by atoms with Gasteiger partial charge in [0.2, 0.25) is 0 Å². The van der Waals surface area contributed by atoms with Gasteiger partial charge >= 0.3 is 0 Å². The summed E-state index contributed by atoms with van der Waals surface area (Å²) >= 11 is 0. The average Bonchev–Trinajstić information content (AvgIpc) is 2.73. The maximum Gasteiger partial charge on any atom is 0.0410 e. The van der Waals surface area contributed by atoms with Gasteiger partial charge in [0.1, 0.15) is 0 Å². The van der Waals surface area contributed by atoms with E-state index in [-0.39, 0.29) is 0 Å². The summed E-state index contributed by atoms with van der Waals surface area (Å²) in [5.74, 6) is 0. The van der Waals surface area contributed by atoms with Crippen LogP contribution in [0.15, 0.2) is 60.7 Å². The maximum absolute atomic E-state index is 2.45. The molecule has 1 heteroatoms. The Kier molecular flexibility index (Phi) is 11.4. The van der Waals surface area contributed by atoms with Crippen LogP contribution in [0.5, 0.6) is 0 Å². The second kappa shape index (κ2) is 14.3. The van der Waals surface area contributed by atoms with E-state index in [2.05, 4.69) is 72.5 Å². The van der Waals surface area contributed by atoms with Crippen molar-refractivity contribution in [3.8, 4) is 0 Å². The first kappa shape index (κ1) is 21.5. The maximum atomic E-state index is 2.45. The van der Waals surface area contributed by atoms with Gasteiger partial charge in [0, 0.05) is 17.9 Å². The summed E-state index contributed by atoms with van der Waals surface area (Å²) in [5.41, 5.74) is 2.60. The zero-order valence-corrected chi connectivity index (χ0v) is 17.4. The second-order valence-corrected chi connectivity index (χ2v) is 7.71. The molecule has 0 spiro atoms. The van der Waals surface area contributed by atoms with Crippen LogP contribution in [0.3, 0.4) is 0 Å². The summed E-state index contributed by atoms with van der Waals surface area (Å²) in [6.45, 7) is 3.39. The predicted octanol–water partition coefficient (Wildman–Crippen LogP) is 8.53. The third-order valence-electron chi connectivity index (χ3n) is 5.37. The molecule has 0 aromatic heterocycles. The molecule has 0 atom stereocenters. The van der Waals surface area contributed by atoms with Crippen LogP contribution < -0.4 is 4.90 Å². The molecule has 0 heterocycles. The fraction of sp³-hybridized carbons (Fsp3) is 0.538.